The van der Waals surface area contributed by atoms with Gasteiger partial charge in [-0.1, -0.05) is 24.3 Å². The molecule has 0 bridgehead atoms. The first kappa shape index (κ1) is 14.5. The number of hydrogen-bond acceptors (Lipinski definition) is 3. The van der Waals surface area contributed by atoms with Gasteiger partial charge in [-0.25, -0.2) is 4.68 Å². The maximum atomic E-state index is 12.6. The summed E-state index contributed by atoms with van der Waals surface area (Å²) < 4.78 is 1.77. The van der Waals surface area contributed by atoms with Crippen LogP contribution >= 0.6 is 11.3 Å². The Hall–Kier alpha value is -2.40. The zero-order valence-corrected chi connectivity index (χ0v) is 13.4. The normalized spacial score (nSPS) is 10.6. The standard InChI is InChI=1S/C17H17N3OS/c1-3-19(2)17(21)14-12-20(13-8-5-4-6-9-13)18-16(14)15-10-7-11-22-15/h4-12H,3H2,1-2H3. The van der Waals surface area contributed by atoms with E-state index < -0.39 is 0 Å². The Morgan fingerprint density at radius 2 is 2.00 bits per heavy atom. The number of rotatable bonds is 4. The Morgan fingerprint density at radius 1 is 1.23 bits per heavy atom. The van der Waals surface area contributed by atoms with Crippen LogP contribution in [0.3, 0.4) is 0 Å². The number of hydrogen-bond donors (Lipinski definition) is 0. The van der Waals surface area contributed by atoms with Crippen molar-refractivity contribution in [2.75, 3.05) is 13.6 Å². The van der Waals surface area contributed by atoms with Crippen LogP contribution in [0.15, 0.2) is 54.0 Å². The molecular weight excluding hydrogens is 294 g/mol. The van der Waals surface area contributed by atoms with Crippen LogP contribution in [-0.2, 0) is 0 Å². The number of benzene rings is 1. The summed E-state index contributed by atoms with van der Waals surface area (Å²) in [6.45, 7) is 2.63. The lowest BCUT2D eigenvalue weighted by molar-refractivity contribution is 0.0803. The molecule has 5 heteroatoms. The van der Waals surface area contributed by atoms with Crippen molar-refractivity contribution in [2.24, 2.45) is 0 Å². The molecule has 0 fully saturated rings. The van der Waals surface area contributed by atoms with Crippen LogP contribution in [0.25, 0.3) is 16.3 Å². The maximum absolute atomic E-state index is 12.6. The molecule has 0 atom stereocenters. The van der Waals surface area contributed by atoms with E-state index in [0.29, 0.717) is 12.1 Å². The summed E-state index contributed by atoms with van der Waals surface area (Å²) in [4.78, 5) is 15.3. The van der Waals surface area contributed by atoms with Gasteiger partial charge in [0.15, 0.2) is 0 Å². The SMILES string of the molecule is CCN(C)C(=O)c1cn(-c2ccccc2)nc1-c1cccs1. The number of thiophene rings is 1. The summed E-state index contributed by atoms with van der Waals surface area (Å²) in [6, 6.07) is 13.8. The summed E-state index contributed by atoms with van der Waals surface area (Å²) in [5, 5.41) is 6.63. The van der Waals surface area contributed by atoms with E-state index in [-0.39, 0.29) is 5.91 Å². The van der Waals surface area contributed by atoms with Gasteiger partial charge in [0.2, 0.25) is 0 Å². The highest BCUT2D eigenvalue weighted by Gasteiger charge is 2.21. The molecule has 0 aliphatic rings. The molecule has 1 amide bonds. The molecule has 3 aromatic rings. The third-order valence-corrected chi connectivity index (χ3v) is 4.42. The predicted molar refractivity (Wildman–Crippen MR) is 89.5 cm³/mol. The first-order chi connectivity index (χ1) is 10.7. The summed E-state index contributed by atoms with van der Waals surface area (Å²) in [5.74, 6) is -0.00641. The van der Waals surface area contributed by atoms with E-state index in [1.54, 1.807) is 28.0 Å². The molecule has 0 saturated heterocycles. The third-order valence-electron chi connectivity index (χ3n) is 3.54. The molecule has 2 aromatic heterocycles. The van der Waals surface area contributed by atoms with Crippen LogP contribution in [-0.4, -0.2) is 34.2 Å². The Morgan fingerprint density at radius 3 is 2.64 bits per heavy atom. The molecule has 0 aliphatic heterocycles. The van der Waals surface area contributed by atoms with E-state index in [1.165, 1.54) is 0 Å². The highest BCUT2D eigenvalue weighted by atomic mass is 32.1. The van der Waals surface area contributed by atoms with Crippen molar-refractivity contribution in [1.82, 2.24) is 14.7 Å². The van der Waals surface area contributed by atoms with Crippen molar-refractivity contribution in [3.8, 4) is 16.3 Å². The third kappa shape index (κ3) is 2.67. The van der Waals surface area contributed by atoms with Crippen molar-refractivity contribution < 1.29 is 4.79 Å². The number of amides is 1. The van der Waals surface area contributed by atoms with Gasteiger partial charge >= 0.3 is 0 Å². The van der Waals surface area contributed by atoms with Gasteiger partial charge in [0.1, 0.15) is 5.69 Å². The van der Waals surface area contributed by atoms with Gasteiger partial charge in [-0.15, -0.1) is 11.3 Å². The topological polar surface area (TPSA) is 38.1 Å². The Balaban J connectivity index is 2.11. The van der Waals surface area contributed by atoms with Crippen LogP contribution in [0.5, 0.6) is 0 Å². The fourth-order valence-corrected chi connectivity index (χ4v) is 2.91. The van der Waals surface area contributed by atoms with Crippen molar-refractivity contribution in [1.29, 1.82) is 0 Å². The fourth-order valence-electron chi connectivity index (χ4n) is 2.19. The largest absolute Gasteiger partial charge is 0.342 e. The molecular formula is C17H17N3OS. The van der Waals surface area contributed by atoms with Crippen LogP contribution < -0.4 is 0 Å². The highest BCUT2D eigenvalue weighted by molar-refractivity contribution is 7.13. The molecule has 0 spiro atoms. The van der Waals surface area contributed by atoms with E-state index in [4.69, 9.17) is 0 Å². The van der Waals surface area contributed by atoms with Crippen molar-refractivity contribution in [3.63, 3.8) is 0 Å². The lowest BCUT2D eigenvalue weighted by atomic mass is 10.2. The van der Waals surface area contributed by atoms with Crippen molar-refractivity contribution >= 4 is 17.2 Å². The number of nitrogens with zero attached hydrogens (tertiary/aromatic N) is 3. The molecule has 2 heterocycles. The summed E-state index contributed by atoms with van der Waals surface area (Å²) >= 11 is 1.59. The molecule has 112 valence electrons. The smallest absolute Gasteiger partial charge is 0.257 e. The minimum absolute atomic E-state index is 0.00641. The lowest BCUT2D eigenvalue weighted by Crippen LogP contribution is -2.26. The van der Waals surface area contributed by atoms with Gasteiger partial charge in [-0.3, -0.25) is 4.79 Å². The van der Waals surface area contributed by atoms with Gasteiger partial charge in [0.25, 0.3) is 5.91 Å². The van der Waals surface area contributed by atoms with Gasteiger partial charge < -0.3 is 4.90 Å². The molecule has 0 aliphatic carbocycles. The Labute approximate surface area is 133 Å². The number of carbonyl (C=O) groups excluding carboxylic acids is 1. The molecule has 0 radical (unpaired) electrons. The van der Waals surface area contributed by atoms with Crippen LogP contribution in [0.2, 0.25) is 0 Å². The Bertz CT molecular complexity index is 763. The van der Waals surface area contributed by atoms with Gasteiger partial charge in [0, 0.05) is 19.8 Å². The van der Waals surface area contributed by atoms with E-state index in [2.05, 4.69) is 5.10 Å². The van der Waals surface area contributed by atoms with Gasteiger partial charge in [0.05, 0.1) is 16.1 Å². The zero-order chi connectivity index (χ0) is 15.5. The second-order valence-electron chi connectivity index (χ2n) is 4.97. The summed E-state index contributed by atoms with van der Waals surface area (Å²) in [7, 11) is 1.81. The molecule has 4 nitrogen and oxygen atoms in total. The minimum Gasteiger partial charge on any atom is -0.342 e. The van der Waals surface area contributed by atoms with Crippen molar-refractivity contribution in [2.45, 2.75) is 6.92 Å². The number of aromatic nitrogens is 2. The monoisotopic (exact) mass is 311 g/mol. The van der Waals surface area contributed by atoms with Crippen LogP contribution in [0, 0.1) is 0 Å². The molecule has 22 heavy (non-hydrogen) atoms. The van der Waals surface area contributed by atoms with E-state index in [9.17, 15) is 4.79 Å². The van der Waals surface area contributed by atoms with Crippen LogP contribution in [0.4, 0.5) is 0 Å². The minimum atomic E-state index is -0.00641. The summed E-state index contributed by atoms with van der Waals surface area (Å²) in [5.41, 5.74) is 2.32. The quantitative estimate of drug-likeness (QED) is 0.737. The van der Waals surface area contributed by atoms with Gasteiger partial charge in [-0.05, 0) is 30.5 Å². The van der Waals surface area contributed by atoms with Gasteiger partial charge in [-0.2, -0.15) is 5.10 Å². The molecule has 0 saturated carbocycles. The second kappa shape index (κ2) is 6.15. The van der Waals surface area contributed by atoms with E-state index >= 15 is 0 Å². The average molecular weight is 311 g/mol. The van der Waals surface area contributed by atoms with Crippen molar-refractivity contribution in [3.05, 3.63) is 59.6 Å². The summed E-state index contributed by atoms with van der Waals surface area (Å²) in [6.07, 6.45) is 1.82. The second-order valence-corrected chi connectivity index (χ2v) is 5.92. The lowest BCUT2D eigenvalue weighted by Gasteiger charge is -2.13. The number of para-hydroxylation sites is 1. The maximum Gasteiger partial charge on any atom is 0.257 e. The molecule has 1 aromatic carbocycles. The first-order valence-electron chi connectivity index (χ1n) is 7.15. The molecule has 0 N–H and O–H groups in total. The average Bonchev–Trinajstić information content (AvgIpc) is 3.23. The van der Waals surface area contributed by atoms with Crippen LogP contribution in [0.1, 0.15) is 17.3 Å². The predicted octanol–water partition coefficient (Wildman–Crippen LogP) is 3.69. The first-order valence-corrected chi connectivity index (χ1v) is 8.03. The highest BCUT2D eigenvalue weighted by Crippen LogP contribution is 2.28. The van der Waals surface area contributed by atoms with E-state index in [0.717, 1.165) is 16.3 Å². The molecule has 3 rings (SSSR count). The fraction of sp³-hybridized carbons (Fsp3) is 0.176. The zero-order valence-electron chi connectivity index (χ0n) is 12.6. The Kier molecular flexibility index (Phi) is 4.06. The van der Waals surface area contributed by atoms with E-state index in [1.807, 2.05) is 61.0 Å². The molecule has 0 unspecified atom stereocenters. The number of carbonyl (C=O) groups is 1.